The summed E-state index contributed by atoms with van der Waals surface area (Å²) < 4.78 is 0. The third-order valence-corrected chi connectivity index (χ3v) is 20.5. The molecule has 16 heteroatoms. The van der Waals surface area contributed by atoms with Crippen molar-refractivity contribution in [1.82, 2.24) is 19.9 Å². The zero-order chi connectivity index (χ0) is 90.9. The van der Waals surface area contributed by atoms with E-state index in [1.54, 1.807) is 0 Å². The van der Waals surface area contributed by atoms with E-state index in [0.29, 0.717) is 0 Å². The summed E-state index contributed by atoms with van der Waals surface area (Å²) in [7, 11) is 0. The number of unbranched alkanes of at least 4 members (excludes halogenated alkanes) is 5. The Morgan fingerprint density at radius 1 is 0.336 bits per heavy atom. The Balaban J connectivity index is 0.000000243. The van der Waals surface area contributed by atoms with Crippen LogP contribution in [0.3, 0.4) is 0 Å². The van der Waals surface area contributed by atoms with Gasteiger partial charge in [0.05, 0.1) is 84.1 Å². The van der Waals surface area contributed by atoms with Crippen LogP contribution < -0.4 is 0 Å². The number of ketones is 4. The molecule has 13 aromatic carbocycles. The van der Waals surface area contributed by atoms with Crippen molar-refractivity contribution in [2.45, 2.75) is 140 Å². The number of benzene rings is 13. The Morgan fingerprint density at radius 2 is 0.718 bits per heavy atom. The van der Waals surface area contributed by atoms with Gasteiger partial charge in [0, 0.05) is 108 Å². The second-order valence-corrected chi connectivity index (χ2v) is 32.3. The van der Waals surface area contributed by atoms with Crippen LogP contribution in [0, 0.1) is 31.2 Å². The molecule has 131 heavy (non-hydrogen) atoms. The molecule has 4 radical (unpaired) electrons. The maximum Gasteiger partial charge on any atom is 0.316 e. The van der Waals surface area contributed by atoms with Crippen molar-refractivity contribution in [1.29, 1.82) is 0 Å². The third kappa shape index (κ3) is 33.1. The topological polar surface area (TPSA) is 214 Å². The summed E-state index contributed by atoms with van der Waals surface area (Å²) in [5.41, 5.74) is 18.7. The Morgan fingerprint density at radius 3 is 1.11 bits per heavy atom. The number of aliphatic hydroxyl groups is 4. The van der Waals surface area contributed by atoms with Crippen molar-refractivity contribution in [3.63, 3.8) is 0 Å². The van der Waals surface area contributed by atoms with E-state index in [1.807, 2.05) is 36.4 Å². The van der Waals surface area contributed by atoms with Crippen LogP contribution in [-0.2, 0) is 97.1 Å². The molecule has 0 atom stereocenters. The molecule has 678 valence electrons. The predicted octanol–water partition coefficient (Wildman–Crippen LogP) is 29.7. The monoisotopic (exact) mass is 2450 g/mol. The normalized spacial score (nSPS) is 11.0. The standard InChI is InChI=1S/C27H28N.C25H16N.C23H20N.C20H14N.4C5H8O2.4Ir/c1-2-3-4-5-6-7-10-21-13-15-23(16-14-21)26-20-18-25-24-12-9-8-11-22(24)17-19-27(25)28-26;1-2-7-18(8-3-1)20-10-6-11-21(17-20)24-16-14-23-22-12-5-4-9-19(22)13-15-25(23)26-24;1-23(2,3)18-11-8-17(9-12-18)21-15-13-20-19-7-5-4-6-16(19)10-14-22(20)24-21;1-14-6-5-9-17-16(14)10-13-20-18(17)11-12-19(21-20)15-7-3-2-4-8-15;4*1-4(6)3-5(2)7;;;;/h8-9,11-15,17-20H,2-7,10H2,1H3;1-10,12-17H;4-8,10-15H,1-3H3;2-7,9-13H,1H3;4*3,6H,1-2H3;;;;/q4*-1;;;;;;;;/p+3. The molecule has 12 nitrogen and oxygen atoms in total. The van der Waals surface area contributed by atoms with Gasteiger partial charge in [-0.3, -0.25) is 39.1 Å². The molecule has 0 spiro atoms. The van der Waals surface area contributed by atoms with Gasteiger partial charge in [0.2, 0.25) is 0 Å². The molecule has 0 aliphatic heterocycles. The quantitative estimate of drug-likeness (QED) is 0.0181. The van der Waals surface area contributed by atoms with E-state index in [0.717, 1.165) is 73.5 Å². The largest absolute Gasteiger partial charge is 0.512 e. The van der Waals surface area contributed by atoms with E-state index >= 15 is 0 Å². The van der Waals surface area contributed by atoms with Crippen LogP contribution in [0.4, 0.5) is 0 Å². The van der Waals surface area contributed by atoms with E-state index in [4.69, 9.17) is 54.7 Å². The van der Waals surface area contributed by atoms with Crippen LogP contribution >= 0.6 is 0 Å². The van der Waals surface area contributed by atoms with Crippen LogP contribution in [0.5, 0.6) is 0 Å². The van der Waals surface area contributed by atoms with Gasteiger partial charge < -0.3 is 20.4 Å². The Bertz CT molecular complexity index is 6660. The first-order valence-electron chi connectivity index (χ1n) is 42.9. The van der Waals surface area contributed by atoms with Crippen LogP contribution in [-0.4, -0.2) is 77.9 Å². The molecule has 17 rings (SSSR count). The number of hydrogen-bond acceptors (Lipinski definition) is 9. The van der Waals surface area contributed by atoms with E-state index in [2.05, 4.69) is 320 Å². The molecular weight excluding hydrogens is 2330 g/mol. The summed E-state index contributed by atoms with van der Waals surface area (Å²) in [5, 5.41) is 48.4. The molecule has 7 N–H and O–H groups in total. The Labute approximate surface area is 824 Å². The number of nitrogens with zero attached hydrogens (tertiary/aromatic N) is 4. The summed E-state index contributed by atoms with van der Waals surface area (Å²) in [5.74, 6) is 0.688. The van der Waals surface area contributed by atoms with Gasteiger partial charge >= 0.3 is 17.3 Å². The summed E-state index contributed by atoms with van der Waals surface area (Å²) in [6.07, 6.45) is 14.2. The molecule has 0 amide bonds. The SMILES string of the molecule is CC(=O)C=C(C)O.CC(=[OH+])C=C(C)O.CC(=[OH+])C=C(C)O.CC(=[OH+])C=C(C)O.CC(C)(C)c1c[c-]c(-c2ccc3c(ccc4ccccc43)n2)cc1.CCCCCCCCc1c[c-]c(-c2ccc3c(ccc4ccccc43)n2)cc1.Cc1cccc2c1ccc1nc(-c3[c-]cccc3)ccc12.[Ir].[Ir].[Ir].[Ir].[c-]1ccc(-c2ccccc2)cc1-c1ccc2c(ccc3ccccc32)n1. The molecule has 0 bridgehead atoms. The first-order valence-corrected chi connectivity index (χ1v) is 42.9. The number of allylic oxidation sites excluding steroid dienone is 8. The maximum absolute atomic E-state index is 10.0. The molecule has 17 aromatic rings. The Kier molecular flexibility index (Phi) is 44.4. The van der Waals surface area contributed by atoms with E-state index in [-0.39, 0.29) is 132 Å². The second kappa shape index (κ2) is 54.0. The minimum absolute atomic E-state index is 0. The molecule has 0 unspecified atom stereocenters. The fourth-order valence-electron chi connectivity index (χ4n) is 14.5. The van der Waals surface area contributed by atoms with Gasteiger partial charge in [-0.15, -0.1) is 142 Å². The smallest absolute Gasteiger partial charge is 0.316 e. The number of carbonyl (C=O) groups excluding carboxylic acids is 4. The fourth-order valence-corrected chi connectivity index (χ4v) is 14.5. The van der Waals surface area contributed by atoms with Crippen LogP contribution in [0.25, 0.3) is 143 Å². The third-order valence-electron chi connectivity index (χ3n) is 20.5. The molecule has 4 heterocycles. The molecule has 0 saturated carbocycles. The number of aliphatic hydroxyl groups excluding tert-OH is 4. The van der Waals surface area contributed by atoms with E-state index < -0.39 is 0 Å². The van der Waals surface area contributed by atoms with Gasteiger partial charge in [0.25, 0.3) is 0 Å². The number of rotatable bonds is 16. The van der Waals surface area contributed by atoms with Crippen molar-refractivity contribution in [2.24, 2.45) is 0 Å². The van der Waals surface area contributed by atoms with E-state index in [1.165, 1.54) is 211 Å². The number of carbonyl (C=O) groups is 1. The van der Waals surface area contributed by atoms with Gasteiger partial charge in [-0.1, -0.05) is 267 Å². The number of aromatic nitrogens is 4. The minimum atomic E-state index is -0.125. The predicted molar refractivity (Wildman–Crippen MR) is 534 cm³/mol. The molecule has 4 aromatic heterocycles. The van der Waals surface area contributed by atoms with Crippen LogP contribution in [0.2, 0.25) is 0 Å². The van der Waals surface area contributed by atoms with Crippen molar-refractivity contribution in [3.05, 3.63) is 386 Å². The van der Waals surface area contributed by atoms with E-state index in [9.17, 15) is 4.79 Å². The molecule has 0 aliphatic carbocycles. The summed E-state index contributed by atoms with van der Waals surface area (Å²) in [6, 6.07) is 117. The summed E-state index contributed by atoms with van der Waals surface area (Å²) >= 11 is 0. The van der Waals surface area contributed by atoms with Gasteiger partial charge in [-0.2, -0.15) is 0 Å². The zero-order valence-electron chi connectivity index (χ0n) is 76.2. The first-order chi connectivity index (χ1) is 61.1. The molecule has 0 saturated heterocycles. The fraction of sp³-hybridized carbons (Fsp3) is 0.183. The first kappa shape index (κ1) is 108. The van der Waals surface area contributed by atoms with Gasteiger partial charge in [-0.25, -0.2) is 0 Å². The van der Waals surface area contributed by atoms with Gasteiger partial charge in [0.15, 0.2) is 5.78 Å². The number of fused-ring (bicyclic) bond motifs is 12. The van der Waals surface area contributed by atoms with Crippen LogP contribution in [0.15, 0.2) is 345 Å². The molecular formula is C115H113Ir4N4O8-. The van der Waals surface area contributed by atoms with Gasteiger partial charge in [0.1, 0.15) is 0 Å². The van der Waals surface area contributed by atoms with Crippen molar-refractivity contribution >= 4 is 110 Å². The summed E-state index contributed by atoms with van der Waals surface area (Å²) in [4.78, 5) is 54.7. The number of pyridine rings is 4. The molecule has 0 aliphatic rings. The number of hydrogen-bond donors (Lipinski definition) is 4. The maximum atomic E-state index is 10.0. The van der Waals surface area contributed by atoms with Crippen molar-refractivity contribution < 1.29 is 120 Å². The van der Waals surface area contributed by atoms with Gasteiger partial charge in [-0.05, 0) is 148 Å². The van der Waals surface area contributed by atoms with Crippen LogP contribution in [0.1, 0.15) is 138 Å². The van der Waals surface area contributed by atoms with Crippen molar-refractivity contribution in [2.75, 3.05) is 0 Å². The average molecular weight is 2450 g/mol. The Hall–Kier alpha value is -12.0. The number of aryl methyl sites for hydroxylation is 2. The second-order valence-electron chi connectivity index (χ2n) is 32.3. The average Bonchev–Trinajstić information content (AvgIpc) is 0.915. The minimum Gasteiger partial charge on any atom is -0.512 e. The molecule has 0 fully saturated rings. The zero-order valence-corrected chi connectivity index (χ0v) is 85.8. The summed E-state index contributed by atoms with van der Waals surface area (Å²) in [6.45, 7) is 22.9. The van der Waals surface area contributed by atoms with Crippen molar-refractivity contribution in [3.8, 4) is 56.2 Å².